The highest BCUT2D eigenvalue weighted by Gasteiger charge is 2.21. The molecule has 2 nitrogen and oxygen atoms in total. The van der Waals surface area contributed by atoms with Crippen LogP contribution >= 0.6 is 34.4 Å². The number of thiophene rings is 2. The van der Waals surface area contributed by atoms with E-state index in [0.29, 0.717) is 23.0 Å². The maximum atomic E-state index is 15.6. The van der Waals surface area contributed by atoms with Crippen LogP contribution in [-0.4, -0.2) is 8.75 Å². The Bertz CT molecular complexity index is 2050. The van der Waals surface area contributed by atoms with Gasteiger partial charge in [0.15, 0.2) is 0 Å². The zero-order chi connectivity index (χ0) is 34.7. The van der Waals surface area contributed by atoms with Crippen LogP contribution in [0.2, 0.25) is 0 Å². The summed E-state index contributed by atoms with van der Waals surface area (Å²) in [4.78, 5) is 3.98. The lowest BCUT2D eigenvalue weighted by Gasteiger charge is -2.14. The number of nitrogens with zero attached hydrogens (tertiary/aromatic N) is 2. The highest BCUT2D eigenvalue weighted by atomic mass is 32.1. The van der Waals surface area contributed by atoms with E-state index in [0.717, 1.165) is 89.6 Å². The van der Waals surface area contributed by atoms with Crippen molar-refractivity contribution in [2.45, 2.75) is 92.9 Å². The second-order valence-electron chi connectivity index (χ2n) is 13.9. The van der Waals surface area contributed by atoms with E-state index >= 15 is 8.78 Å². The molecule has 7 heteroatoms. The molecule has 3 heterocycles. The fraction of sp³-hybridized carbons (Fsp3) is 0.381. The molecule has 0 fully saturated rings. The van der Waals surface area contributed by atoms with Gasteiger partial charge in [-0.05, 0) is 97.9 Å². The summed E-state index contributed by atoms with van der Waals surface area (Å²) in [5.41, 5.74) is 9.28. The zero-order valence-corrected chi connectivity index (χ0v) is 31.9. The zero-order valence-electron chi connectivity index (χ0n) is 29.5. The Kier molecular flexibility index (Phi) is 11.4. The van der Waals surface area contributed by atoms with E-state index in [1.807, 2.05) is 12.1 Å². The fourth-order valence-corrected chi connectivity index (χ4v) is 9.72. The van der Waals surface area contributed by atoms with Gasteiger partial charge in [0, 0.05) is 41.8 Å². The van der Waals surface area contributed by atoms with Crippen molar-refractivity contribution in [2.24, 2.45) is 11.8 Å². The third-order valence-corrected chi connectivity index (χ3v) is 12.9. The molecule has 0 saturated heterocycles. The van der Waals surface area contributed by atoms with Crippen molar-refractivity contribution < 1.29 is 8.78 Å². The number of unbranched alkanes of at least 4 members (excludes halogenated alkanes) is 1. The van der Waals surface area contributed by atoms with Gasteiger partial charge >= 0.3 is 0 Å². The molecule has 6 rings (SSSR count). The Morgan fingerprint density at radius 2 is 1.12 bits per heavy atom. The van der Waals surface area contributed by atoms with Crippen molar-refractivity contribution in [3.63, 3.8) is 0 Å². The largest absolute Gasteiger partial charge is 0.206 e. The first kappa shape index (κ1) is 35.6. The van der Waals surface area contributed by atoms with Crippen molar-refractivity contribution in [3.05, 3.63) is 94.6 Å². The van der Waals surface area contributed by atoms with Gasteiger partial charge < -0.3 is 0 Å². The molecule has 0 aliphatic heterocycles. The molecule has 0 bridgehead atoms. The molecule has 1 atom stereocenters. The van der Waals surface area contributed by atoms with Crippen LogP contribution in [0.3, 0.4) is 0 Å². The van der Waals surface area contributed by atoms with Crippen LogP contribution in [0, 0.1) is 37.3 Å². The summed E-state index contributed by atoms with van der Waals surface area (Å²) in [7, 11) is 0. The molecule has 3 aromatic carbocycles. The molecule has 0 aliphatic rings. The second kappa shape index (κ2) is 15.7. The van der Waals surface area contributed by atoms with Gasteiger partial charge in [-0.3, -0.25) is 0 Å². The van der Waals surface area contributed by atoms with Gasteiger partial charge in [-0.1, -0.05) is 89.8 Å². The molecular formula is C42H46F2N2S3. The predicted molar refractivity (Wildman–Crippen MR) is 209 cm³/mol. The van der Waals surface area contributed by atoms with E-state index in [-0.39, 0.29) is 11.6 Å². The van der Waals surface area contributed by atoms with Gasteiger partial charge in [-0.2, -0.15) is 8.75 Å². The van der Waals surface area contributed by atoms with Crippen LogP contribution in [-0.2, 0) is 12.8 Å². The van der Waals surface area contributed by atoms with Gasteiger partial charge in [0.25, 0.3) is 0 Å². The molecule has 0 N–H and O–H groups in total. The lowest BCUT2D eigenvalue weighted by atomic mass is 9.92. The minimum Gasteiger partial charge on any atom is -0.206 e. The maximum Gasteiger partial charge on any atom is 0.132 e. The lowest BCUT2D eigenvalue weighted by Crippen LogP contribution is -2.01. The van der Waals surface area contributed by atoms with Crippen molar-refractivity contribution in [1.29, 1.82) is 0 Å². The summed E-state index contributed by atoms with van der Waals surface area (Å²) < 4.78 is 40.4. The van der Waals surface area contributed by atoms with E-state index in [9.17, 15) is 0 Å². The average molecular weight is 713 g/mol. The van der Waals surface area contributed by atoms with Crippen molar-refractivity contribution in [1.82, 2.24) is 8.75 Å². The highest BCUT2D eigenvalue weighted by molar-refractivity contribution is 7.19. The normalized spacial score (nSPS) is 12.4. The molecule has 0 aliphatic carbocycles. The lowest BCUT2D eigenvalue weighted by molar-refractivity contribution is 0.421. The van der Waals surface area contributed by atoms with Crippen LogP contribution < -0.4 is 0 Å². The Morgan fingerprint density at radius 3 is 1.57 bits per heavy atom. The van der Waals surface area contributed by atoms with Gasteiger partial charge in [-0.25, -0.2) is 8.78 Å². The first-order valence-corrected chi connectivity index (χ1v) is 20.1. The van der Waals surface area contributed by atoms with Crippen LogP contribution in [0.15, 0.2) is 60.7 Å². The van der Waals surface area contributed by atoms with Crippen LogP contribution in [0.4, 0.5) is 8.78 Å². The Hall–Kier alpha value is -3.26. The molecule has 1 unspecified atom stereocenters. The molecule has 0 amide bonds. The number of hydrogen-bond donors (Lipinski definition) is 0. The molecule has 0 radical (unpaired) electrons. The Labute approximate surface area is 302 Å². The number of benzene rings is 3. The summed E-state index contributed by atoms with van der Waals surface area (Å²) in [6, 6.07) is 19.9. The van der Waals surface area contributed by atoms with Crippen LogP contribution in [0.25, 0.3) is 52.8 Å². The third-order valence-electron chi connectivity index (χ3n) is 9.73. The molecule has 3 aromatic heterocycles. The summed E-state index contributed by atoms with van der Waals surface area (Å²) in [5, 5.41) is 0. The van der Waals surface area contributed by atoms with E-state index in [4.69, 9.17) is 8.75 Å². The van der Waals surface area contributed by atoms with E-state index in [2.05, 4.69) is 77.9 Å². The van der Waals surface area contributed by atoms with Crippen molar-refractivity contribution >= 4 is 45.4 Å². The maximum absolute atomic E-state index is 15.6. The Morgan fingerprint density at radius 1 is 0.633 bits per heavy atom. The summed E-state index contributed by atoms with van der Waals surface area (Å²) in [5.74, 6) is 0.961. The number of fused-ring (bicyclic) bond motifs is 1. The third kappa shape index (κ3) is 7.90. The quantitative estimate of drug-likeness (QED) is 0.112. The van der Waals surface area contributed by atoms with E-state index < -0.39 is 0 Å². The summed E-state index contributed by atoms with van der Waals surface area (Å²) in [6.07, 6.45) is 8.89. The SMILES string of the molecule is CCCCC(CC)CCc1ccc(-c2cc(C)c(-c3ccc(-c4sc(-c5ccc(CCC(C)C)cc5F)cc4C)c4nsnc34)s2)c(F)c1. The van der Waals surface area contributed by atoms with Gasteiger partial charge in [0.05, 0.1) is 11.7 Å². The van der Waals surface area contributed by atoms with Crippen molar-refractivity contribution in [2.75, 3.05) is 0 Å². The van der Waals surface area contributed by atoms with Gasteiger partial charge in [0.2, 0.25) is 0 Å². The number of aryl methyl sites for hydroxylation is 4. The molecule has 256 valence electrons. The van der Waals surface area contributed by atoms with Gasteiger partial charge in [0.1, 0.15) is 22.7 Å². The average Bonchev–Trinajstić information content (AvgIpc) is 3.82. The molecule has 49 heavy (non-hydrogen) atoms. The number of rotatable bonds is 14. The number of halogens is 2. The highest BCUT2D eigenvalue weighted by Crippen LogP contribution is 2.45. The summed E-state index contributed by atoms with van der Waals surface area (Å²) in [6.45, 7) is 13.1. The van der Waals surface area contributed by atoms with Gasteiger partial charge in [-0.15, -0.1) is 22.7 Å². The number of aromatic nitrogens is 2. The fourth-order valence-electron chi connectivity index (χ4n) is 6.70. The number of hydrogen-bond acceptors (Lipinski definition) is 5. The van der Waals surface area contributed by atoms with E-state index in [1.54, 1.807) is 34.8 Å². The smallest absolute Gasteiger partial charge is 0.132 e. The minimum absolute atomic E-state index is 0.159. The second-order valence-corrected chi connectivity index (χ2v) is 16.5. The minimum atomic E-state index is -0.174. The van der Waals surface area contributed by atoms with Crippen LogP contribution in [0.5, 0.6) is 0 Å². The molecule has 6 aromatic rings. The first-order valence-electron chi connectivity index (χ1n) is 17.7. The monoisotopic (exact) mass is 712 g/mol. The molecular weight excluding hydrogens is 667 g/mol. The molecule has 0 spiro atoms. The Balaban J connectivity index is 1.26. The molecule has 0 saturated carbocycles. The van der Waals surface area contributed by atoms with Crippen LogP contribution in [0.1, 0.15) is 88.5 Å². The van der Waals surface area contributed by atoms with Crippen molar-refractivity contribution in [3.8, 4) is 41.8 Å². The standard InChI is InChI=1S/C42H46F2N2S3/c1-7-9-10-28(8-2)13-14-30-16-18-32(36(44)24-30)38-22-27(6)42(48-38)34-20-19-33(39-40(34)46-49-45-39)41-26(5)21-37(47-41)31-17-15-29(23-35(31)43)12-11-25(3)4/h15-25,28H,7-14H2,1-6H3. The summed E-state index contributed by atoms with van der Waals surface area (Å²) >= 11 is 4.41. The topological polar surface area (TPSA) is 25.8 Å². The predicted octanol–water partition coefficient (Wildman–Crippen LogP) is 14.1. The first-order chi connectivity index (χ1) is 23.7. The van der Waals surface area contributed by atoms with E-state index in [1.165, 1.54) is 37.4 Å².